The number of ether oxygens (including phenoxy) is 1. The molecule has 4 nitrogen and oxygen atoms in total. The Morgan fingerprint density at radius 1 is 1.22 bits per heavy atom. The number of aromatic nitrogens is 1. The maximum absolute atomic E-state index is 13.1. The highest BCUT2D eigenvalue weighted by molar-refractivity contribution is 6.31. The molecule has 1 aliphatic rings. The molecule has 0 amide bonds. The van der Waals surface area contributed by atoms with Gasteiger partial charge >= 0.3 is 0 Å². The Balaban J connectivity index is 1.74. The molecule has 1 fully saturated rings. The topological polar surface area (TPSA) is 34.5 Å². The largest absolute Gasteiger partial charge is 0.497 e. The Hall–Kier alpha value is -2.30. The molecule has 2 aromatic carbocycles. The van der Waals surface area contributed by atoms with E-state index in [-0.39, 0.29) is 5.91 Å². The fourth-order valence-electron chi connectivity index (χ4n) is 3.96. The molecule has 1 atom stereocenters. The van der Waals surface area contributed by atoms with Gasteiger partial charge in [-0.15, -0.1) is 0 Å². The maximum Gasteiger partial charge on any atom is 0.262 e. The number of carbonyl (C=O) groups excluding carboxylic acids is 1. The number of likely N-dealkylation sites (N-methyl/N-ethyl adjacent to an activating group) is 1. The van der Waals surface area contributed by atoms with Crippen molar-refractivity contribution in [2.45, 2.75) is 25.3 Å². The van der Waals surface area contributed by atoms with E-state index in [1.807, 2.05) is 36.5 Å². The Kier molecular flexibility index (Phi) is 4.94. The van der Waals surface area contributed by atoms with Gasteiger partial charge in [-0.3, -0.25) is 9.36 Å². The molecule has 2 heterocycles. The fourth-order valence-corrected chi connectivity index (χ4v) is 4.14. The van der Waals surface area contributed by atoms with Crippen LogP contribution in [0.15, 0.2) is 48.7 Å². The van der Waals surface area contributed by atoms with E-state index in [1.165, 1.54) is 18.4 Å². The quantitative estimate of drug-likeness (QED) is 0.659. The minimum atomic E-state index is -0.0454. The zero-order valence-electron chi connectivity index (χ0n) is 15.6. The molecule has 0 N–H and O–H groups in total. The van der Waals surface area contributed by atoms with Gasteiger partial charge in [0, 0.05) is 28.2 Å². The van der Waals surface area contributed by atoms with Crippen LogP contribution in [0.5, 0.6) is 5.75 Å². The SMILES string of the molecule is COc1ccc(C(=O)n2cc(C[C@H]3CCCN3C)c3cc(Cl)ccc32)cc1. The van der Waals surface area contributed by atoms with Gasteiger partial charge in [-0.1, -0.05) is 11.6 Å². The molecule has 0 radical (unpaired) electrons. The van der Waals surface area contributed by atoms with Crippen molar-refractivity contribution in [1.82, 2.24) is 9.47 Å². The Labute approximate surface area is 164 Å². The van der Waals surface area contributed by atoms with Crippen molar-refractivity contribution < 1.29 is 9.53 Å². The van der Waals surface area contributed by atoms with Gasteiger partial charge in [0.2, 0.25) is 0 Å². The average molecular weight is 383 g/mol. The smallest absolute Gasteiger partial charge is 0.262 e. The van der Waals surface area contributed by atoms with Gasteiger partial charge in [0.1, 0.15) is 5.75 Å². The van der Waals surface area contributed by atoms with E-state index in [0.717, 1.165) is 29.6 Å². The number of nitrogens with zero attached hydrogens (tertiary/aromatic N) is 2. The van der Waals surface area contributed by atoms with Gasteiger partial charge in [-0.2, -0.15) is 0 Å². The number of rotatable bonds is 4. The van der Waals surface area contributed by atoms with Gasteiger partial charge < -0.3 is 9.64 Å². The summed E-state index contributed by atoms with van der Waals surface area (Å²) in [5, 5.41) is 1.75. The molecule has 3 aromatic rings. The second-order valence-corrected chi connectivity index (χ2v) is 7.64. The lowest BCUT2D eigenvalue weighted by Crippen LogP contribution is -2.26. The Morgan fingerprint density at radius 3 is 2.67 bits per heavy atom. The number of methoxy groups -OCH3 is 1. The van der Waals surface area contributed by atoms with Crippen LogP contribution in [-0.2, 0) is 6.42 Å². The normalized spacial score (nSPS) is 17.5. The lowest BCUT2D eigenvalue weighted by atomic mass is 10.0. The Morgan fingerprint density at radius 2 is 2.00 bits per heavy atom. The van der Waals surface area contributed by atoms with Gasteiger partial charge in [0.05, 0.1) is 12.6 Å². The summed E-state index contributed by atoms with van der Waals surface area (Å²) in [7, 11) is 3.79. The van der Waals surface area contributed by atoms with Crippen LogP contribution >= 0.6 is 11.6 Å². The van der Waals surface area contributed by atoms with E-state index in [4.69, 9.17) is 16.3 Å². The van der Waals surface area contributed by atoms with Crippen molar-refractivity contribution in [3.63, 3.8) is 0 Å². The van der Waals surface area contributed by atoms with E-state index in [2.05, 4.69) is 11.9 Å². The van der Waals surface area contributed by atoms with E-state index in [0.29, 0.717) is 16.6 Å². The molecule has 0 bridgehead atoms. The van der Waals surface area contributed by atoms with Crippen LogP contribution in [0.2, 0.25) is 5.02 Å². The first-order chi connectivity index (χ1) is 13.1. The molecule has 1 aromatic heterocycles. The summed E-state index contributed by atoms with van der Waals surface area (Å²) in [5.41, 5.74) is 2.70. The third-order valence-electron chi connectivity index (χ3n) is 5.53. The highest BCUT2D eigenvalue weighted by atomic mass is 35.5. The molecule has 0 spiro atoms. The standard InChI is InChI=1S/C22H23ClN2O2/c1-24-11-3-4-18(24)12-16-14-25(21-10-7-17(23)13-20(16)21)22(26)15-5-8-19(27-2)9-6-15/h5-10,13-14,18H,3-4,11-12H2,1-2H3/t18-/m1/s1. The number of fused-ring (bicyclic) bond motifs is 1. The predicted molar refractivity (Wildman–Crippen MR) is 109 cm³/mol. The third-order valence-corrected chi connectivity index (χ3v) is 5.77. The molecule has 140 valence electrons. The van der Waals surface area contributed by atoms with Gasteiger partial charge in [-0.25, -0.2) is 0 Å². The van der Waals surface area contributed by atoms with Crippen LogP contribution < -0.4 is 4.74 Å². The number of halogens is 1. The summed E-state index contributed by atoms with van der Waals surface area (Å²) in [4.78, 5) is 15.5. The first-order valence-electron chi connectivity index (χ1n) is 9.25. The van der Waals surface area contributed by atoms with E-state index >= 15 is 0 Å². The van der Waals surface area contributed by atoms with Crippen molar-refractivity contribution in [2.24, 2.45) is 0 Å². The molecule has 0 aliphatic carbocycles. The molecular weight excluding hydrogens is 360 g/mol. The van der Waals surface area contributed by atoms with Crippen LogP contribution in [0, 0.1) is 0 Å². The van der Waals surface area contributed by atoms with Crippen molar-refractivity contribution >= 4 is 28.4 Å². The number of benzene rings is 2. The summed E-state index contributed by atoms with van der Waals surface area (Å²) in [6, 6.07) is 13.5. The molecule has 0 unspecified atom stereocenters. The van der Waals surface area contributed by atoms with Gasteiger partial charge in [0.15, 0.2) is 0 Å². The maximum atomic E-state index is 13.1. The van der Waals surface area contributed by atoms with Crippen LogP contribution in [0.3, 0.4) is 0 Å². The van der Waals surface area contributed by atoms with E-state index < -0.39 is 0 Å². The highest BCUT2D eigenvalue weighted by Crippen LogP contribution is 2.29. The van der Waals surface area contributed by atoms with Crippen LogP contribution in [0.4, 0.5) is 0 Å². The lowest BCUT2D eigenvalue weighted by Gasteiger charge is -2.18. The average Bonchev–Trinajstić information content (AvgIpc) is 3.25. The van der Waals surface area contributed by atoms with Crippen molar-refractivity contribution in [3.05, 3.63) is 64.8 Å². The fraction of sp³-hybridized carbons (Fsp3) is 0.318. The van der Waals surface area contributed by atoms with Crippen molar-refractivity contribution in [2.75, 3.05) is 20.7 Å². The first kappa shape index (κ1) is 18.1. The zero-order chi connectivity index (χ0) is 19.0. The monoisotopic (exact) mass is 382 g/mol. The van der Waals surface area contributed by atoms with Gasteiger partial charge in [0.25, 0.3) is 5.91 Å². The summed E-state index contributed by atoms with van der Waals surface area (Å²) in [6.45, 7) is 1.13. The second kappa shape index (κ2) is 7.37. The Bertz CT molecular complexity index is 978. The van der Waals surface area contributed by atoms with Crippen LogP contribution in [0.25, 0.3) is 10.9 Å². The third kappa shape index (κ3) is 3.47. The molecule has 1 saturated heterocycles. The minimum Gasteiger partial charge on any atom is -0.497 e. The number of likely N-dealkylation sites (tertiary alicyclic amines) is 1. The highest BCUT2D eigenvalue weighted by Gasteiger charge is 2.24. The van der Waals surface area contributed by atoms with E-state index in [1.54, 1.807) is 23.8 Å². The zero-order valence-corrected chi connectivity index (χ0v) is 16.4. The van der Waals surface area contributed by atoms with Crippen molar-refractivity contribution in [3.8, 4) is 5.75 Å². The number of hydrogen-bond donors (Lipinski definition) is 0. The first-order valence-corrected chi connectivity index (χ1v) is 9.63. The molecule has 27 heavy (non-hydrogen) atoms. The lowest BCUT2D eigenvalue weighted by molar-refractivity contribution is 0.0964. The summed E-state index contributed by atoms with van der Waals surface area (Å²) in [5.74, 6) is 0.691. The summed E-state index contributed by atoms with van der Waals surface area (Å²) < 4.78 is 6.94. The molecule has 0 saturated carbocycles. The number of carbonyl (C=O) groups is 1. The summed E-state index contributed by atoms with van der Waals surface area (Å²) >= 11 is 6.26. The molecule has 5 heteroatoms. The predicted octanol–water partition coefficient (Wildman–Crippen LogP) is 4.63. The minimum absolute atomic E-state index is 0.0454. The van der Waals surface area contributed by atoms with E-state index in [9.17, 15) is 4.79 Å². The second-order valence-electron chi connectivity index (χ2n) is 7.20. The van der Waals surface area contributed by atoms with Gasteiger partial charge in [-0.05, 0) is 80.9 Å². The number of hydrogen-bond acceptors (Lipinski definition) is 3. The summed E-state index contributed by atoms with van der Waals surface area (Å²) in [6.07, 6.45) is 5.33. The molecular formula is C22H23ClN2O2. The van der Waals surface area contributed by atoms with Crippen LogP contribution in [0.1, 0.15) is 28.8 Å². The molecule has 4 rings (SSSR count). The van der Waals surface area contributed by atoms with Crippen LogP contribution in [-0.4, -0.2) is 42.1 Å². The van der Waals surface area contributed by atoms with Crippen molar-refractivity contribution in [1.29, 1.82) is 0 Å². The molecule has 1 aliphatic heterocycles.